The number of hydrogen-bond acceptors (Lipinski definition) is 6. The maximum atomic E-state index is 12.9. The molecule has 9 nitrogen and oxygen atoms in total. The van der Waals surface area contributed by atoms with Crippen molar-refractivity contribution in [2.24, 2.45) is 0 Å². The standard InChI is InChI=1S/C24H38ClN5O4/c1-28(24(32)30-11-6-7-12-30)9-4-5-10-29-13-8-20(22(16-29)34-3)27-23(31)17-14-18(25)19(26)15-21(17)33-2/h14-15,20,22H,4-13,16,26H2,1-3H3,(H,27,31). The molecule has 3 rings (SSSR count). The second kappa shape index (κ2) is 12.5. The first-order valence-electron chi connectivity index (χ1n) is 12.0. The van der Waals surface area contributed by atoms with Crippen LogP contribution in [0.25, 0.3) is 0 Å². The normalized spacial score (nSPS) is 20.9. The average Bonchev–Trinajstić information content (AvgIpc) is 3.38. The highest BCUT2D eigenvalue weighted by Gasteiger charge is 2.31. The Morgan fingerprint density at radius 3 is 2.62 bits per heavy atom. The number of carbonyl (C=O) groups excluding carboxylic acids is 2. The molecule has 2 fully saturated rings. The number of nitrogens with two attached hydrogens (primary N) is 1. The third kappa shape index (κ3) is 6.67. The zero-order valence-electron chi connectivity index (χ0n) is 20.5. The minimum absolute atomic E-state index is 0.112. The maximum Gasteiger partial charge on any atom is 0.319 e. The number of ether oxygens (including phenoxy) is 2. The summed E-state index contributed by atoms with van der Waals surface area (Å²) in [5.74, 6) is 0.129. The molecule has 2 aliphatic rings. The highest BCUT2D eigenvalue weighted by molar-refractivity contribution is 6.33. The lowest BCUT2D eigenvalue weighted by Crippen LogP contribution is -2.55. The summed E-state index contributed by atoms with van der Waals surface area (Å²) in [6.07, 6.45) is 4.85. The van der Waals surface area contributed by atoms with Crippen LogP contribution in [0.4, 0.5) is 10.5 Å². The molecule has 34 heavy (non-hydrogen) atoms. The molecular weight excluding hydrogens is 458 g/mol. The number of nitrogens with zero attached hydrogens (tertiary/aromatic N) is 3. The fourth-order valence-electron chi connectivity index (χ4n) is 4.68. The second-order valence-electron chi connectivity index (χ2n) is 9.12. The van der Waals surface area contributed by atoms with Gasteiger partial charge in [0.25, 0.3) is 5.91 Å². The zero-order valence-corrected chi connectivity index (χ0v) is 21.3. The van der Waals surface area contributed by atoms with Crippen molar-refractivity contribution in [2.75, 3.05) is 66.3 Å². The van der Waals surface area contributed by atoms with Crippen LogP contribution in [-0.4, -0.2) is 99.3 Å². The molecule has 10 heteroatoms. The summed E-state index contributed by atoms with van der Waals surface area (Å²) in [6.45, 7) is 5.07. The van der Waals surface area contributed by atoms with Crippen molar-refractivity contribution in [3.63, 3.8) is 0 Å². The third-order valence-electron chi connectivity index (χ3n) is 6.75. The number of urea groups is 1. The van der Waals surface area contributed by atoms with E-state index in [-0.39, 0.29) is 24.1 Å². The van der Waals surface area contributed by atoms with E-state index >= 15 is 0 Å². The van der Waals surface area contributed by atoms with Gasteiger partial charge in [-0.3, -0.25) is 4.79 Å². The van der Waals surface area contributed by atoms with Crippen LogP contribution in [0.15, 0.2) is 12.1 Å². The van der Waals surface area contributed by atoms with Crippen LogP contribution in [-0.2, 0) is 4.74 Å². The quantitative estimate of drug-likeness (QED) is 0.403. The Balaban J connectivity index is 1.44. The summed E-state index contributed by atoms with van der Waals surface area (Å²) in [5, 5.41) is 3.40. The Hall–Kier alpha value is -2.23. The van der Waals surface area contributed by atoms with Gasteiger partial charge in [-0.05, 0) is 44.7 Å². The van der Waals surface area contributed by atoms with E-state index in [1.54, 1.807) is 13.2 Å². The third-order valence-corrected chi connectivity index (χ3v) is 7.07. The molecule has 0 saturated carbocycles. The van der Waals surface area contributed by atoms with Gasteiger partial charge >= 0.3 is 6.03 Å². The lowest BCUT2D eigenvalue weighted by Gasteiger charge is -2.38. The fraction of sp³-hybridized carbons (Fsp3) is 0.667. The maximum absolute atomic E-state index is 12.9. The molecule has 0 bridgehead atoms. The van der Waals surface area contributed by atoms with Crippen molar-refractivity contribution in [3.8, 4) is 5.75 Å². The summed E-state index contributed by atoms with van der Waals surface area (Å²) >= 11 is 6.12. The van der Waals surface area contributed by atoms with Crippen molar-refractivity contribution in [2.45, 2.75) is 44.2 Å². The van der Waals surface area contributed by atoms with Gasteiger partial charge in [-0.2, -0.15) is 0 Å². The van der Waals surface area contributed by atoms with E-state index in [0.29, 0.717) is 22.0 Å². The van der Waals surface area contributed by atoms with Crippen LogP contribution < -0.4 is 15.8 Å². The second-order valence-corrected chi connectivity index (χ2v) is 9.53. The largest absolute Gasteiger partial charge is 0.496 e. The Morgan fingerprint density at radius 1 is 1.21 bits per heavy atom. The molecule has 2 aliphatic heterocycles. The fourth-order valence-corrected chi connectivity index (χ4v) is 4.84. The molecule has 3 amide bonds. The lowest BCUT2D eigenvalue weighted by molar-refractivity contribution is 0.00590. The number of benzene rings is 1. The summed E-state index contributed by atoms with van der Waals surface area (Å²) in [4.78, 5) is 31.5. The number of unbranched alkanes of at least 4 members (excludes halogenated alkanes) is 1. The van der Waals surface area contributed by atoms with Crippen LogP contribution in [0.2, 0.25) is 5.02 Å². The van der Waals surface area contributed by atoms with Gasteiger partial charge in [0.2, 0.25) is 0 Å². The SMILES string of the molecule is COc1cc(N)c(Cl)cc1C(=O)NC1CCN(CCCCN(C)C(=O)N2CCCC2)CC1OC. The van der Waals surface area contributed by atoms with Gasteiger partial charge < -0.3 is 35.2 Å². The van der Waals surface area contributed by atoms with Crippen LogP contribution in [0.5, 0.6) is 5.75 Å². The van der Waals surface area contributed by atoms with Crippen molar-refractivity contribution in [1.29, 1.82) is 0 Å². The summed E-state index contributed by atoms with van der Waals surface area (Å²) in [5.41, 5.74) is 6.55. The molecule has 1 aromatic carbocycles. The van der Waals surface area contributed by atoms with Gasteiger partial charge in [-0.25, -0.2) is 4.79 Å². The smallest absolute Gasteiger partial charge is 0.319 e. The minimum Gasteiger partial charge on any atom is -0.496 e. The number of hydrogen-bond donors (Lipinski definition) is 2. The number of nitrogen functional groups attached to an aromatic ring is 1. The number of halogens is 1. The van der Waals surface area contributed by atoms with Crippen molar-refractivity contribution < 1.29 is 19.1 Å². The first-order valence-corrected chi connectivity index (χ1v) is 12.4. The number of piperidine rings is 1. The van der Waals surface area contributed by atoms with Crippen molar-refractivity contribution in [3.05, 3.63) is 22.7 Å². The van der Waals surface area contributed by atoms with E-state index in [1.165, 1.54) is 13.2 Å². The number of nitrogens with one attached hydrogen (secondary N) is 1. The Kier molecular flexibility index (Phi) is 9.67. The average molecular weight is 496 g/mol. The molecule has 2 atom stereocenters. The Labute approximate surface area is 207 Å². The van der Waals surface area contributed by atoms with Gasteiger partial charge in [0, 0.05) is 52.9 Å². The highest BCUT2D eigenvalue weighted by atomic mass is 35.5. The predicted molar refractivity (Wildman–Crippen MR) is 134 cm³/mol. The molecule has 3 N–H and O–H groups in total. The van der Waals surface area contributed by atoms with Crippen molar-refractivity contribution >= 4 is 29.2 Å². The molecule has 1 aromatic rings. The van der Waals surface area contributed by atoms with E-state index in [2.05, 4.69) is 10.2 Å². The lowest BCUT2D eigenvalue weighted by atomic mass is 10.0. The van der Waals surface area contributed by atoms with E-state index in [0.717, 1.165) is 71.4 Å². The molecule has 190 valence electrons. The summed E-state index contributed by atoms with van der Waals surface area (Å²) < 4.78 is 11.0. The number of carbonyl (C=O) groups is 2. The van der Waals surface area contributed by atoms with Crippen LogP contribution in [0.3, 0.4) is 0 Å². The Bertz CT molecular complexity index is 849. The van der Waals surface area contributed by atoms with Gasteiger partial charge in [0.1, 0.15) is 5.75 Å². The van der Waals surface area contributed by atoms with E-state index in [1.807, 2.05) is 16.8 Å². The molecule has 2 saturated heterocycles. The summed E-state index contributed by atoms with van der Waals surface area (Å²) in [6, 6.07) is 3.13. The topological polar surface area (TPSA) is 100 Å². The summed E-state index contributed by atoms with van der Waals surface area (Å²) in [7, 11) is 5.06. The van der Waals surface area contributed by atoms with Crippen LogP contribution in [0.1, 0.15) is 42.5 Å². The van der Waals surface area contributed by atoms with Crippen LogP contribution in [0, 0.1) is 0 Å². The molecule has 0 aliphatic carbocycles. The minimum atomic E-state index is -0.259. The molecule has 2 heterocycles. The number of likely N-dealkylation sites (tertiary alicyclic amines) is 2. The molecule has 0 radical (unpaired) electrons. The number of rotatable bonds is 9. The molecular formula is C24H38ClN5O4. The van der Waals surface area contributed by atoms with Gasteiger partial charge in [-0.1, -0.05) is 11.6 Å². The van der Waals surface area contributed by atoms with E-state index in [4.69, 9.17) is 26.8 Å². The highest BCUT2D eigenvalue weighted by Crippen LogP contribution is 2.29. The number of anilines is 1. The first-order chi connectivity index (χ1) is 16.3. The van der Waals surface area contributed by atoms with Gasteiger partial charge in [-0.15, -0.1) is 0 Å². The zero-order chi connectivity index (χ0) is 24.7. The number of amides is 3. The van der Waals surface area contributed by atoms with Gasteiger partial charge in [0.05, 0.1) is 35.5 Å². The molecule has 0 spiro atoms. The van der Waals surface area contributed by atoms with E-state index in [9.17, 15) is 9.59 Å². The van der Waals surface area contributed by atoms with Crippen LogP contribution >= 0.6 is 11.6 Å². The Morgan fingerprint density at radius 2 is 1.94 bits per heavy atom. The first kappa shape index (κ1) is 26.4. The monoisotopic (exact) mass is 495 g/mol. The molecule has 0 aromatic heterocycles. The molecule has 2 unspecified atom stereocenters. The predicted octanol–water partition coefficient (Wildman–Crippen LogP) is 2.68. The number of methoxy groups -OCH3 is 2. The van der Waals surface area contributed by atoms with Crippen molar-refractivity contribution in [1.82, 2.24) is 20.0 Å². The van der Waals surface area contributed by atoms with E-state index < -0.39 is 0 Å². The van der Waals surface area contributed by atoms with Gasteiger partial charge in [0.15, 0.2) is 0 Å².